The van der Waals surface area contributed by atoms with Crippen LogP contribution in [0.3, 0.4) is 0 Å². The van der Waals surface area contributed by atoms with Crippen molar-refractivity contribution in [1.29, 1.82) is 0 Å². The third kappa shape index (κ3) is 2.69. The van der Waals surface area contributed by atoms with Crippen molar-refractivity contribution in [1.82, 2.24) is 0 Å². The summed E-state index contributed by atoms with van der Waals surface area (Å²) in [6.45, 7) is 13.6. The predicted molar refractivity (Wildman–Crippen MR) is 70.6 cm³/mol. The van der Waals surface area contributed by atoms with Crippen LogP contribution < -0.4 is 10.1 Å². The molecular weight excluding hydrogens is 198 g/mol. The van der Waals surface area contributed by atoms with Crippen molar-refractivity contribution in [2.75, 3.05) is 11.9 Å². The van der Waals surface area contributed by atoms with Gasteiger partial charge < -0.3 is 10.1 Å². The standard InChI is InChI=1S/C14H23NO/c1-7-15-14-10(4)8-13(16-9(2)3)11(5)12(14)6/h8-9,15H,7H2,1-6H3. The Labute approximate surface area is 99.0 Å². The smallest absolute Gasteiger partial charge is 0.123 e. The second-order valence-corrected chi connectivity index (χ2v) is 4.51. The first-order valence-corrected chi connectivity index (χ1v) is 5.98. The molecule has 2 nitrogen and oxygen atoms in total. The molecule has 1 rings (SSSR count). The summed E-state index contributed by atoms with van der Waals surface area (Å²) in [5.41, 5.74) is 5.02. The van der Waals surface area contributed by atoms with Gasteiger partial charge in [0.2, 0.25) is 0 Å². The SMILES string of the molecule is CCNc1c(C)cc(OC(C)C)c(C)c1C. The molecule has 16 heavy (non-hydrogen) atoms. The Morgan fingerprint density at radius 3 is 2.31 bits per heavy atom. The maximum Gasteiger partial charge on any atom is 0.123 e. The zero-order valence-electron chi connectivity index (χ0n) is 11.3. The van der Waals surface area contributed by atoms with E-state index in [-0.39, 0.29) is 6.10 Å². The van der Waals surface area contributed by atoms with E-state index in [0.29, 0.717) is 0 Å². The summed E-state index contributed by atoms with van der Waals surface area (Å²) >= 11 is 0. The van der Waals surface area contributed by atoms with Crippen LogP contribution in [0.15, 0.2) is 6.07 Å². The lowest BCUT2D eigenvalue weighted by molar-refractivity contribution is 0.240. The van der Waals surface area contributed by atoms with Crippen molar-refractivity contribution in [3.05, 3.63) is 22.8 Å². The highest BCUT2D eigenvalue weighted by molar-refractivity contribution is 5.63. The summed E-state index contributed by atoms with van der Waals surface area (Å²) < 4.78 is 5.81. The van der Waals surface area contributed by atoms with Gasteiger partial charge in [-0.15, -0.1) is 0 Å². The summed E-state index contributed by atoms with van der Waals surface area (Å²) in [4.78, 5) is 0. The quantitative estimate of drug-likeness (QED) is 0.834. The summed E-state index contributed by atoms with van der Waals surface area (Å²) in [7, 11) is 0. The number of anilines is 1. The minimum Gasteiger partial charge on any atom is -0.491 e. The molecule has 0 aromatic heterocycles. The number of nitrogens with one attached hydrogen (secondary N) is 1. The minimum atomic E-state index is 0.225. The number of aryl methyl sites for hydroxylation is 1. The number of hydrogen-bond acceptors (Lipinski definition) is 2. The highest BCUT2D eigenvalue weighted by Gasteiger charge is 2.11. The second-order valence-electron chi connectivity index (χ2n) is 4.51. The Bertz CT molecular complexity index is 369. The van der Waals surface area contributed by atoms with Crippen LogP contribution in [0.25, 0.3) is 0 Å². The molecule has 0 saturated heterocycles. The summed E-state index contributed by atoms with van der Waals surface area (Å²) in [5.74, 6) is 1.01. The zero-order chi connectivity index (χ0) is 12.3. The average Bonchev–Trinajstić information content (AvgIpc) is 2.20. The van der Waals surface area contributed by atoms with Gasteiger partial charge in [-0.25, -0.2) is 0 Å². The van der Waals surface area contributed by atoms with Crippen LogP contribution in [0.2, 0.25) is 0 Å². The molecule has 0 aliphatic carbocycles. The Hall–Kier alpha value is -1.18. The molecule has 90 valence electrons. The van der Waals surface area contributed by atoms with Crippen molar-refractivity contribution in [2.24, 2.45) is 0 Å². The van der Waals surface area contributed by atoms with E-state index in [2.05, 4.69) is 52.9 Å². The van der Waals surface area contributed by atoms with Crippen LogP contribution >= 0.6 is 0 Å². The zero-order valence-corrected chi connectivity index (χ0v) is 11.3. The molecule has 0 spiro atoms. The van der Waals surface area contributed by atoms with E-state index in [1.165, 1.54) is 22.4 Å². The topological polar surface area (TPSA) is 21.3 Å². The van der Waals surface area contributed by atoms with Gasteiger partial charge in [0.15, 0.2) is 0 Å². The molecule has 2 heteroatoms. The van der Waals surface area contributed by atoms with Crippen LogP contribution in [0.1, 0.15) is 37.5 Å². The lowest BCUT2D eigenvalue weighted by Crippen LogP contribution is -2.09. The second kappa shape index (κ2) is 5.24. The van der Waals surface area contributed by atoms with Crippen LogP contribution in [0.4, 0.5) is 5.69 Å². The largest absolute Gasteiger partial charge is 0.491 e. The molecule has 1 aromatic rings. The van der Waals surface area contributed by atoms with Crippen molar-refractivity contribution in [3.63, 3.8) is 0 Å². The lowest BCUT2D eigenvalue weighted by Gasteiger charge is -2.19. The highest BCUT2D eigenvalue weighted by atomic mass is 16.5. The van der Waals surface area contributed by atoms with Gasteiger partial charge >= 0.3 is 0 Å². The van der Waals surface area contributed by atoms with E-state index in [0.717, 1.165) is 12.3 Å². The molecule has 0 aliphatic heterocycles. The van der Waals surface area contributed by atoms with E-state index in [9.17, 15) is 0 Å². The molecule has 0 amide bonds. The predicted octanol–water partition coefficient (Wildman–Crippen LogP) is 3.83. The van der Waals surface area contributed by atoms with Gasteiger partial charge in [-0.05, 0) is 64.3 Å². The summed E-state index contributed by atoms with van der Waals surface area (Å²) in [6, 6.07) is 2.13. The van der Waals surface area contributed by atoms with Gasteiger partial charge in [0.1, 0.15) is 5.75 Å². The lowest BCUT2D eigenvalue weighted by atomic mass is 10.0. The van der Waals surface area contributed by atoms with Gasteiger partial charge in [-0.1, -0.05) is 0 Å². The first-order chi connectivity index (χ1) is 7.47. The van der Waals surface area contributed by atoms with Crippen molar-refractivity contribution in [3.8, 4) is 5.75 Å². The van der Waals surface area contributed by atoms with Gasteiger partial charge in [-0.3, -0.25) is 0 Å². The summed E-state index contributed by atoms with van der Waals surface area (Å²) in [6.07, 6.45) is 0.225. The molecule has 0 aliphatic rings. The third-order valence-corrected chi connectivity index (χ3v) is 2.77. The van der Waals surface area contributed by atoms with E-state index < -0.39 is 0 Å². The van der Waals surface area contributed by atoms with Crippen LogP contribution in [0.5, 0.6) is 5.75 Å². The van der Waals surface area contributed by atoms with Gasteiger partial charge in [0, 0.05) is 12.2 Å². The van der Waals surface area contributed by atoms with Crippen molar-refractivity contribution < 1.29 is 4.74 Å². The number of rotatable bonds is 4. The number of hydrogen-bond donors (Lipinski definition) is 1. The fraction of sp³-hybridized carbons (Fsp3) is 0.571. The van der Waals surface area contributed by atoms with E-state index in [1.54, 1.807) is 0 Å². The molecule has 0 heterocycles. The molecule has 0 atom stereocenters. The number of ether oxygens (including phenoxy) is 1. The Morgan fingerprint density at radius 2 is 1.81 bits per heavy atom. The number of benzene rings is 1. The summed E-state index contributed by atoms with van der Waals surface area (Å²) in [5, 5.41) is 3.41. The van der Waals surface area contributed by atoms with Crippen molar-refractivity contribution in [2.45, 2.75) is 47.6 Å². The fourth-order valence-corrected chi connectivity index (χ4v) is 1.87. The fourth-order valence-electron chi connectivity index (χ4n) is 1.87. The maximum absolute atomic E-state index is 5.81. The Balaban J connectivity index is 3.16. The van der Waals surface area contributed by atoms with E-state index in [1.807, 2.05) is 0 Å². The van der Waals surface area contributed by atoms with Crippen molar-refractivity contribution >= 4 is 5.69 Å². The van der Waals surface area contributed by atoms with Crippen LogP contribution in [0, 0.1) is 20.8 Å². The molecule has 0 saturated carbocycles. The highest BCUT2D eigenvalue weighted by Crippen LogP contribution is 2.31. The monoisotopic (exact) mass is 221 g/mol. The normalized spacial score (nSPS) is 10.7. The van der Waals surface area contributed by atoms with Gasteiger partial charge in [0.05, 0.1) is 6.10 Å². The van der Waals surface area contributed by atoms with Gasteiger partial charge in [-0.2, -0.15) is 0 Å². The molecule has 1 aromatic carbocycles. The van der Waals surface area contributed by atoms with Crippen LogP contribution in [-0.2, 0) is 0 Å². The molecule has 0 unspecified atom stereocenters. The third-order valence-electron chi connectivity index (χ3n) is 2.77. The van der Waals surface area contributed by atoms with Gasteiger partial charge in [0.25, 0.3) is 0 Å². The minimum absolute atomic E-state index is 0.225. The molecule has 0 fully saturated rings. The van der Waals surface area contributed by atoms with Crippen LogP contribution in [-0.4, -0.2) is 12.6 Å². The first-order valence-electron chi connectivity index (χ1n) is 5.98. The first kappa shape index (κ1) is 12.9. The molecule has 0 radical (unpaired) electrons. The Kier molecular flexibility index (Phi) is 4.22. The van der Waals surface area contributed by atoms with E-state index in [4.69, 9.17) is 4.74 Å². The molecule has 0 bridgehead atoms. The average molecular weight is 221 g/mol. The maximum atomic E-state index is 5.81. The Morgan fingerprint density at radius 1 is 1.19 bits per heavy atom. The molecule has 1 N–H and O–H groups in total. The molecular formula is C14H23NO. The van der Waals surface area contributed by atoms with E-state index >= 15 is 0 Å².